The molecule has 1 aromatic rings. The van der Waals surface area contributed by atoms with Crippen LogP contribution in [-0.4, -0.2) is 27.7 Å². The fourth-order valence-corrected chi connectivity index (χ4v) is 4.28. The molecule has 0 heterocycles. The molecule has 5 nitrogen and oxygen atoms in total. The van der Waals surface area contributed by atoms with Crippen LogP contribution in [0.4, 0.5) is 5.69 Å². The van der Waals surface area contributed by atoms with Crippen molar-refractivity contribution in [3.8, 4) is 0 Å². The summed E-state index contributed by atoms with van der Waals surface area (Å²) in [5.74, 6) is 0. The summed E-state index contributed by atoms with van der Waals surface area (Å²) in [7, 11) is -1.91. The van der Waals surface area contributed by atoms with Gasteiger partial charge in [-0.25, -0.2) is 13.1 Å². The Hall–Kier alpha value is -0.630. The molecule has 1 saturated carbocycles. The van der Waals surface area contributed by atoms with Gasteiger partial charge in [-0.1, -0.05) is 15.9 Å². The lowest BCUT2D eigenvalue weighted by Gasteiger charge is -2.34. The van der Waals surface area contributed by atoms with E-state index in [0.29, 0.717) is 28.6 Å². The first kappa shape index (κ1) is 14.8. The zero-order chi connectivity index (χ0) is 14.2. The Morgan fingerprint density at radius 1 is 1.42 bits per heavy atom. The Morgan fingerprint density at radius 2 is 2.05 bits per heavy atom. The lowest BCUT2D eigenvalue weighted by atomic mass is 9.90. The molecule has 0 bridgehead atoms. The van der Waals surface area contributed by atoms with Gasteiger partial charge in [0.25, 0.3) is 0 Å². The number of hydrogen-bond acceptors (Lipinski definition) is 4. The van der Waals surface area contributed by atoms with Crippen molar-refractivity contribution in [1.29, 1.82) is 0 Å². The average molecular weight is 349 g/mol. The Kier molecular flexibility index (Phi) is 4.20. The maximum absolute atomic E-state index is 12.3. The topological polar surface area (TPSA) is 81.4 Å². The molecule has 106 valence electrons. The van der Waals surface area contributed by atoms with Gasteiger partial charge in [0.2, 0.25) is 10.0 Å². The van der Waals surface area contributed by atoms with Crippen LogP contribution in [0.15, 0.2) is 21.5 Å². The third kappa shape index (κ3) is 3.10. The maximum Gasteiger partial charge on any atom is 0.241 e. The highest BCUT2D eigenvalue weighted by Crippen LogP contribution is 2.29. The Labute approximate surface area is 121 Å². The van der Waals surface area contributed by atoms with Gasteiger partial charge in [0, 0.05) is 23.3 Å². The van der Waals surface area contributed by atoms with Gasteiger partial charge in [-0.2, -0.15) is 0 Å². The number of ether oxygens (including phenoxy) is 1. The molecule has 1 aliphatic carbocycles. The second-order valence-electron chi connectivity index (χ2n) is 4.77. The van der Waals surface area contributed by atoms with E-state index in [9.17, 15) is 8.42 Å². The van der Waals surface area contributed by atoms with Crippen molar-refractivity contribution in [2.24, 2.45) is 0 Å². The van der Waals surface area contributed by atoms with Crippen LogP contribution in [0.5, 0.6) is 0 Å². The van der Waals surface area contributed by atoms with Gasteiger partial charge in [-0.05, 0) is 37.5 Å². The molecule has 0 radical (unpaired) electrons. The first-order valence-corrected chi connectivity index (χ1v) is 8.22. The molecule has 0 aromatic heterocycles. The van der Waals surface area contributed by atoms with Crippen LogP contribution in [0.25, 0.3) is 0 Å². The highest BCUT2D eigenvalue weighted by atomic mass is 79.9. The highest BCUT2D eigenvalue weighted by molar-refractivity contribution is 9.10. The number of halogens is 1. The van der Waals surface area contributed by atoms with E-state index in [-0.39, 0.29) is 17.0 Å². The van der Waals surface area contributed by atoms with Gasteiger partial charge >= 0.3 is 0 Å². The minimum atomic E-state index is -3.54. The Morgan fingerprint density at radius 3 is 2.63 bits per heavy atom. The Balaban J connectivity index is 2.21. The maximum atomic E-state index is 12.3. The molecule has 0 unspecified atom stereocenters. The number of nitrogens with two attached hydrogens (primary N) is 1. The smallest absolute Gasteiger partial charge is 0.241 e. The van der Waals surface area contributed by atoms with E-state index in [1.807, 2.05) is 0 Å². The molecule has 1 aromatic carbocycles. The number of methoxy groups -OCH3 is 1. The van der Waals surface area contributed by atoms with Gasteiger partial charge in [-0.3, -0.25) is 0 Å². The summed E-state index contributed by atoms with van der Waals surface area (Å²) in [6.07, 6.45) is 1.57. The normalized spacial score (nSPS) is 23.1. The average Bonchev–Trinajstić information content (AvgIpc) is 2.27. The fourth-order valence-electron chi connectivity index (χ4n) is 2.09. The lowest BCUT2D eigenvalue weighted by molar-refractivity contribution is 0.0236. The largest absolute Gasteiger partial charge is 0.398 e. The number of nitrogens with one attached hydrogen (secondary N) is 1. The molecule has 19 heavy (non-hydrogen) atoms. The molecule has 0 saturated heterocycles. The van der Waals surface area contributed by atoms with Gasteiger partial charge in [0.05, 0.1) is 11.0 Å². The van der Waals surface area contributed by atoms with Crippen molar-refractivity contribution in [3.63, 3.8) is 0 Å². The Bertz CT molecular complexity index is 583. The standard InChI is InChI=1S/C12H17BrN2O3S/c1-7-11(14)3-8(13)4-12(7)19(16,17)15-9-5-10(6-9)18-2/h3-4,9-10,15H,5-6,14H2,1-2H3. The van der Waals surface area contributed by atoms with Crippen LogP contribution in [-0.2, 0) is 14.8 Å². The summed E-state index contributed by atoms with van der Waals surface area (Å²) in [6.45, 7) is 1.70. The van der Waals surface area contributed by atoms with Gasteiger partial charge in [-0.15, -0.1) is 0 Å². The van der Waals surface area contributed by atoms with E-state index in [1.165, 1.54) is 0 Å². The number of sulfonamides is 1. The van der Waals surface area contributed by atoms with Crippen LogP contribution >= 0.6 is 15.9 Å². The molecule has 1 fully saturated rings. The molecule has 0 spiro atoms. The second kappa shape index (κ2) is 5.40. The molecular weight excluding hydrogens is 332 g/mol. The molecule has 0 aliphatic heterocycles. The lowest BCUT2D eigenvalue weighted by Crippen LogP contribution is -2.47. The summed E-state index contributed by atoms with van der Waals surface area (Å²) in [5.41, 5.74) is 6.82. The summed E-state index contributed by atoms with van der Waals surface area (Å²) >= 11 is 3.27. The van der Waals surface area contributed by atoms with E-state index in [0.717, 1.165) is 0 Å². The molecular formula is C12H17BrN2O3S. The van der Waals surface area contributed by atoms with Crippen molar-refractivity contribution in [1.82, 2.24) is 4.72 Å². The van der Waals surface area contributed by atoms with Crippen molar-refractivity contribution < 1.29 is 13.2 Å². The molecule has 1 aliphatic rings. The molecule has 0 atom stereocenters. The summed E-state index contributed by atoms with van der Waals surface area (Å²) in [6, 6.07) is 3.20. The third-order valence-electron chi connectivity index (χ3n) is 3.40. The third-order valence-corrected chi connectivity index (χ3v) is 5.51. The predicted molar refractivity (Wildman–Crippen MR) is 77.4 cm³/mol. The first-order chi connectivity index (χ1) is 8.83. The van der Waals surface area contributed by atoms with E-state index >= 15 is 0 Å². The molecule has 3 N–H and O–H groups in total. The molecule has 0 amide bonds. The monoisotopic (exact) mass is 348 g/mol. The SMILES string of the molecule is COC1CC(NS(=O)(=O)c2cc(Br)cc(N)c2C)C1. The van der Waals surface area contributed by atoms with Gasteiger partial charge < -0.3 is 10.5 Å². The number of rotatable bonds is 4. The van der Waals surface area contributed by atoms with Crippen molar-refractivity contribution in [3.05, 3.63) is 22.2 Å². The minimum absolute atomic E-state index is 0.0606. The zero-order valence-corrected chi connectivity index (χ0v) is 13.2. The highest BCUT2D eigenvalue weighted by Gasteiger charge is 2.33. The number of benzene rings is 1. The van der Waals surface area contributed by atoms with E-state index in [1.54, 1.807) is 26.2 Å². The molecule has 2 rings (SSSR count). The van der Waals surface area contributed by atoms with Crippen molar-refractivity contribution in [2.75, 3.05) is 12.8 Å². The summed E-state index contributed by atoms with van der Waals surface area (Å²) in [4.78, 5) is 0.222. The molecule has 7 heteroatoms. The summed E-state index contributed by atoms with van der Waals surface area (Å²) < 4.78 is 33.1. The van der Waals surface area contributed by atoms with Crippen LogP contribution in [0.3, 0.4) is 0 Å². The minimum Gasteiger partial charge on any atom is -0.398 e. The quantitative estimate of drug-likeness (QED) is 0.812. The predicted octanol–water partition coefficient (Wildman–Crippen LogP) is 1.80. The van der Waals surface area contributed by atoms with Crippen LogP contribution in [0.1, 0.15) is 18.4 Å². The van der Waals surface area contributed by atoms with E-state index < -0.39 is 10.0 Å². The van der Waals surface area contributed by atoms with Crippen LogP contribution in [0, 0.1) is 6.92 Å². The van der Waals surface area contributed by atoms with Gasteiger partial charge in [0.15, 0.2) is 0 Å². The number of nitrogen functional groups attached to an aromatic ring is 1. The first-order valence-electron chi connectivity index (χ1n) is 5.94. The van der Waals surface area contributed by atoms with Crippen LogP contribution in [0.2, 0.25) is 0 Å². The zero-order valence-electron chi connectivity index (χ0n) is 10.8. The van der Waals surface area contributed by atoms with Gasteiger partial charge in [0.1, 0.15) is 0 Å². The van der Waals surface area contributed by atoms with E-state index in [4.69, 9.17) is 10.5 Å². The number of hydrogen-bond donors (Lipinski definition) is 2. The van der Waals surface area contributed by atoms with Crippen molar-refractivity contribution >= 4 is 31.6 Å². The number of anilines is 1. The fraction of sp³-hybridized carbons (Fsp3) is 0.500. The second-order valence-corrected chi connectivity index (χ2v) is 7.36. The van der Waals surface area contributed by atoms with Crippen molar-refractivity contribution in [2.45, 2.75) is 36.8 Å². The van der Waals surface area contributed by atoms with Crippen LogP contribution < -0.4 is 10.5 Å². The van der Waals surface area contributed by atoms with E-state index in [2.05, 4.69) is 20.7 Å². The summed E-state index contributed by atoms with van der Waals surface area (Å²) in [5, 5.41) is 0.